The minimum Gasteiger partial charge on any atom is -0.309 e. The van der Waals surface area contributed by atoms with Gasteiger partial charge in [0.25, 0.3) is 0 Å². The first-order valence-electron chi connectivity index (χ1n) is 23.9. The number of hydrogen-bond donors (Lipinski definition) is 0. The molecule has 13 aromatic rings. The van der Waals surface area contributed by atoms with Gasteiger partial charge in [0.2, 0.25) is 6.71 Å². The largest absolute Gasteiger partial charge is 0.309 e. The highest BCUT2D eigenvalue weighted by Gasteiger charge is 2.28. The first kappa shape index (κ1) is 40.4. The van der Waals surface area contributed by atoms with Crippen LogP contribution >= 0.6 is 0 Å². The van der Waals surface area contributed by atoms with Crippen molar-refractivity contribution in [3.63, 3.8) is 0 Å². The molecule has 0 bridgehead atoms. The third-order valence-corrected chi connectivity index (χ3v) is 14.0. The molecule has 11 aromatic carbocycles. The fraction of sp³-hybridized carbons (Fsp3) is 0. The van der Waals surface area contributed by atoms with Crippen LogP contribution in [0.5, 0.6) is 0 Å². The fourth-order valence-corrected chi connectivity index (χ4v) is 10.9. The molecule has 0 unspecified atom stereocenters. The Morgan fingerprint density at radius 1 is 0.217 bits per heavy atom. The van der Waals surface area contributed by atoms with Gasteiger partial charge >= 0.3 is 0 Å². The van der Waals surface area contributed by atoms with Crippen molar-refractivity contribution in [2.24, 2.45) is 0 Å². The maximum Gasteiger partial charge on any atom is 0.241 e. The van der Waals surface area contributed by atoms with E-state index in [0.29, 0.717) is 0 Å². The predicted octanol–water partition coefficient (Wildman–Crippen LogP) is 15.1. The quantitative estimate of drug-likeness (QED) is 0.128. The summed E-state index contributed by atoms with van der Waals surface area (Å²) in [6.07, 6.45) is 0. The molecular formula is C66H45BN2. The van der Waals surface area contributed by atoms with Crippen molar-refractivity contribution < 1.29 is 0 Å². The second-order valence-electron chi connectivity index (χ2n) is 18.1. The van der Waals surface area contributed by atoms with Crippen LogP contribution in [0.25, 0.3) is 99.5 Å². The number of para-hydroxylation sites is 3. The number of benzene rings is 11. The third-order valence-electron chi connectivity index (χ3n) is 14.0. The molecule has 0 aliphatic carbocycles. The summed E-state index contributed by atoms with van der Waals surface area (Å²) in [6, 6.07) is 100. The molecule has 0 radical (unpaired) electrons. The summed E-state index contributed by atoms with van der Waals surface area (Å²) in [5.74, 6) is 0. The zero-order chi connectivity index (χ0) is 45.7. The molecular weight excluding hydrogens is 832 g/mol. The smallest absolute Gasteiger partial charge is 0.241 e. The molecule has 0 saturated heterocycles. The number of rotatable bonds is 9. The van der Waals surface area contributed by atoms with Gasteiger partial charge in [0.05, 0.1) is 22.1 Å². The molecule has 2 nitrogen and oxygen atoms in total. The summed E-state index contributed by atoms with van der Waals surface area (Å²) < 4.78 is 4.90. The minimum atomic E-state index is -0.147. The number of aromatic nitrogens is 2. The molecule has 0 N–H and O–H groups in total. The molecule has 0 aliphatic heterocycles. The molecule has 0 spiro atoms. The Hall–Kier alpha value is -8.92. The molecule has 3 heteroatoms. The SMILES string of the molecule is c1ccc(-c2cc(B(c3cc(-c4ccccc4)cc(-c4ccccc4)c3)c3ccc4c(c3)c3c5c6ccccc6n(-c6ccccc6)c5ccc3n4-c3ccccc3)cc(-c3ccccc3)c2)cc1. The average Bonchev–Trinajstić information content (AvgIpc) is 3.95. The standard InChI is InChI=1S/C66H45BN2/c1-7-21-46(22-8-1)50-39-51(47-23-9-2-10-24-47)42-55(41-50)67(56-43-52(48-25-11-3-12-26-48)40-53(44-56)49-27-13-4-14-28-49)54-35-36-62-60(45-54)66-64(69(62)58-31-17-6-18-32-58)38-37-63-65(66)59-33-19-20-34-61(59)68(63)57-29-15-5-16-30-57/h1-45H. The van der Waals surface area contributed by atoms with Gasteiger partial charge in [-0.05, 0) is 105 Å². The van der Waals surface area contributed by atoms with Crippen LogP contribution in [0.15, 0.2) is 273 Å². The second-order valence-corrected chi connectivity index (χ2v) is 18.1. The highest BCUT2D eigenvalue weighted by Crippen LogP contribution is 2.42. The lowest BCUT2D eigenvalue weighted by Crippen LogP contribution is -2.52. The van der Waals surface area contributed by atoms with E-state index in [1.54, 1.807) is 0 Å². The van der Waals surface area contributed by atoms with E-state index in [2.05, 4.69) is 282 Å². The van der Waals surface area contributed by atoms with Gasteiger partial charge in [0.15, 0.2) is 0 Å². The van der Waals surface area contributed by atoms with Gasteiger partial charge in [-0.3, -0.25) is 0 Å². The number of fused-ring (bicyclic) bond motifs is 7. The van der Waals surface area contributed by atoms with Gasteiger partial charge in [0, 0.05) is 32.9 Å². The van der Waals surface area contributed by atoms with Crippen molar-refractivity contribution in [2.75, 3.05) is 0 Å². The van der Waals surface area contributed by atoms with E-state index in [1.807, 2.05) is 0 Å². The van der Waals surface area contributed by atoms with Crippen LogP contribution in [0.1, 0.15) is 0 Å². The normalized spacial score (nSPS) is 11.5. The average molecular weight is 877 g/mol. The number of nitrogens with zero attached hydrogens (tertiary/aromatic N) is 2. The van der Waals surface area contributed by atoms with Crippen LogP contribution in [-0.2, 0) is 0 Å². The topological polar surface area (TPSA) is 9.86 Å². The van der Waals surface area contributed by atoms with Gasteiger partial charge in [-0.1, -0.05) is 229 Å². The number of hydrogen-bond acceptors (Lipinski definition) is 0. The predicted molar refractivity (Wildman–Crippen MR) is 294 cm³/mol. The molecule has 2 aromatic heterocycles. The molecule has 0 aliphatic rings. The zero-order valence-electron chi connectivity index (χ0n) is 38.0. The summed E-state index contributed by atoms with van der Waals surface area (Å²) in [6.45, 7) is -0.147. The van der Waals surface area contributed by atoms with Crippen molar-refractivity contribution in [2.45, 2.75) is 0 Å². The maximum absolute atomic E-state index is 2.52. The van der Waals surface area contributed by atoms with E-state index < -0.39 is 0 Å². The monoisotopic (exact) mass is 876 g/mol. The summed E-state index contributed by atoms with van der Waals surface area (Å²) in [5, 5.41) is 4.98. The molecule has 0 atom stereocenters. The van der Waals surface area contributed by atoms with E-state index in [4.69, 9.17) is 0 Å². The van der Waals surface area contributed by atoms with Crippen molar-refractivity contribution >= 4 is 66.7 Å². The van der Waals surface area contributed by atoms with Crippen LogP contribution in [0, 0.1) is 0 Å². The summed E-state index contributed by atoms with van der Waals surface area (Å²) in [7, 11) is 0. The van der Waals surface area contributed by atoms with E-state index in [0.717, 1.165) is 11.4 Å². The fourth-order valence-electron chi connectivity index (χ4n) is 10.9. The maximum atomic E-state index is 2.52. The Bertz CT molecular complexity index is 3730. The first-order valence-corrected chi connectivity index (χ1v) is 23.9. The van der Waals surface area contributed by atoms with E-state index in [-0.39, 0.29) is 6.71 Å². The van der Waals surface area contributed by atoms with Gasteiger partial charge in [-0.2, -0.15) is 0 Å². The van der Waals surface area contributed by atoms with Gasteiger partial charge in [-0.25, -0.2) is 0 Å². The van der Waals surface area contributed by atoms with E-state index >= 15 is 0 Å². The summed E-state index contributed by atoms with van der Waals surface area (Å²) >= 11 is 0. The molecule has 69 heavy (non-hydrogen) atoms. The Balaban J connectivity index is 1.15. The van der Waals surface area contributed by atoms with E-state index in [9.17, 15) is 0 Å². The lowest BCUT2D eigenvalue weighted by Gasteiger charge is -2.21. The Labute approximate surface area is 402 Å². The van der Waals surface area contributed by atoms with Crippen LogP contribution in [0.3, 0.4) is 0 Å². The summed E-state index contributed by atoms with van der Waals surface area (Å²) in [5.41, 5.74) is 20.3. The van der Waals surface area contributed by atoms with Crippen LogP contribution in [0.4, 0.5) is 0 Å². The lowest BCUT2D eigenvalue weighted by molar-refractivity contribution is 1.17. The van der Waals surface area contributed by atoms with Gasteiger partial charge < -0.3 is 9.13 Å². The molecule has 0 fully saturated rings. The third kappa shape index (κ3) is 7.15. The minimum absolute atomic E-state index is 0.147. The Morgan fingerprint density at radius 2 is 0.551 bits per heavy atom. The molecule has 0 amide bonds. The van der Waals surface area contributed by atoms with Crippen molar-refractivity contribution in [1.82, 2.24) is 9.13 Å². The van der Waals surface area contributed by atoms with Gasteiger partial charge in [-0.15, -0.1) is 0 Å². The van der Waals surface area contributed by atoms with Gasteiger partial charge in [0.1, 0.15) is 0 Å². The van der Waals surface area contributed by atoms with Crippen molar-refractivity contribution in [3.8, 4) is 55.9 Å². The Morgan fingerprint density at radius 3 is 0.971 bits per heavy atom. The Kier molecular flexibility index (Phi) is 9.98. The zero-order valence-corrected chi connectivity index (χ0v) is 38.0. The molecule has 2 heterocycles. The van der Waals surface area contributed by atoms with Crippen molar-refractivity contribution in [3.05, 3.63) is 273 Å². The van der Waals surface area contributed by atoms with Crippen molar-refractivity contribution in [1.29, 1.82) is 0 Å². The molecule has 13 rings (SSSR count). The second kappa shape index (κ2) is 17.1. The molecule has 322 valence electrons. The van der Waals surface area contributed by atoms with Crippen LogP contribution < -0.4 is 16.4 Å². The highest BCUT2D eigenvalue weighted by molar-refractivity contribution is 6.95. The van der Waals surface area contributed by atoms with E-state index in [1.165, 1.54) is 105 Å². The lowest BCUT2D eigenvalue weighted by atomic mass is 9.36. The van der Waals surface area contributed by atoms with Crippen LogP contribution in [0.2, 0.25) is 0 Å². The summed E-state index contributed by atoms with van der Waals surface area (Å²) in [4.78, 5) is 0. The van der Waals surface area contributed by atoms with Crippen LogP contribution in [-0.4, -0.2) is 15.8 Å². The highest BCUT2D eigenvalue weighted by atomic mass is 15.0. The first-order chi connectivity index (χ1) is 34.2. The molecule has 0 saturated carbocycles.